The molecule has 0 amide bonds. The van der Waals surface area contributed by atoms with Gasteiger partial charge in [-0.3, -0.25) is 4.79 Å². The highest BCUT2D eigenvalue weighted by atomic mass is 35.5. The van der Waals surface area contributed by atoms with Crippen molar-refractivity contribution in [3.05, 3.63) is 58.9 Å². The lowest BCUT2D eigenvalue weighted by molar-refractivity contribution is 0.103. The van der Waals surface area contributed by atoms with E-state index in [9.17, 15) is 13.2 Å². The number of rotatable bonds is 4. The summed E-state index contributed by atoms with van der Waals surface area (Å²) in [4.78, 5) is 12.2. The van der Waals surface area contributed by atoms with Crippen molar-refractivity contribution in [2.24, 2.45) is 0 Å². The SMILES string of the molecule is CN(C)S(=O)(=O)n1ccc(C(=O)c2cccc(Cl)c2)c1. The third-order valence-corrected chi connectivity index (χ3v) is 4.66. The summed E-state index contributed by atoms with van der Waals surface area (Å²) in [5.41, 5.74) is 0.704. The van der Waals surface area contributed by atoms with Gasteiger partial charge in [-0.25, -0.2) is 3.97 Å². The maximum Gasteiger partial charge on any atom is 0.306 e. The van der Waals surface area contributed by atoms with Crippen LogP contribution in [0.25, 0.3) is 0 Å². The number of carbonyl (C=O) groups excluding carboxylic acids is 1. The molecule has 0 aliphatic rings. The Bertz CT molecular complexity index is 750. The zero-order chi connectivity index (χ0) is 14.9. The van der Waals surface area contributed by atoms with Gasteiger partial charge in [0.05, 0.1) is 0 Å². The molecule has 0 saturated heterocycles. The Labute approximate surface area is 122 Å². The fourth-order valence-electron chi connectivity index (χ4n) is 1.64. The van der Waals surface area contributed by atoms with Crippen molar-refractivity contribution in [1.29, 1.82) is 0 Å². The molecule has 7 heteroatoms. The van der Waals surface area contributed by atoms with Crippen LogP contribution >= 0.6 is 11.6 Å². The second-order valence-corrected chi connectivity index (χ2v) is 6.84. The molecule has 0 aliphatic carbocycles. The Hall–Kier alpha value is -1.63. The van der Waals surface area contributed by atoms with Gasteiger partial charge in [-0.2, -0.15) is 12.7 Å². The summed E-state index contributed by atoms with van der Waals surface area (Å²) in [6, 6.07) is 7.97. The van der Waals surface area contributed by atoms with E-state index in [1.54, 1.807) is 24.3 Å². The first kappa shape index (κ1) is 14.8. The maximum absolute atomic E-state index is 12.2. The molecule has 5 nitrogen and oxygen atoms in total. The van der Waals surface area contributed by atoms with E-state index in [0.717, 1.165) is 8.28 Å². The molecule has 0 radical (unpaired) electrons. The molecule has 0 aliphatic heterocycles. The molecular weight excluding hydrogens is 300 g/mol. The van der Waals surface area contributed by atoms with E-state index in [4.69, 9.17) is 11.6 Å². The van der Waals surface area contributed by atoms with Crippen LogP contribution in [0.4, 0.5) is 0 Å². The molecule has 0 N–H and O–H groups in total. The molecule has 0 unspecified atom stereocenters. The molecule has 1 heterocycles. The molecular formula is C13H13ClN2O3S. The van der Waals surface area contributed by atoms with Crippen LogP contribution in [0.1, 0.15) is 15.9 Å². The van der Waals surface area contributed by atoms with E-state index in [1.807, 2.05) is 0 Å². The summed E-state index contributed by atoms with van der Waals surface area (Å²) in [6.07, 6.45) is 2.63. The van der Waals surface area contributed by atoms with Gasteiger partial charge in [0.1, 0.15) is 0 Å². The van der Waals surface area contributed by atoms with Gasteiger partial charge in [-0.05, 0) is 18.2 Å². The molecule has 1 aromatic heterocycles. The number of halogens is 1. The van der Waals surface area contributed by atoms with Crippen molar-refractivity contribution in [2.75, 3.05) is 14.1 Å². The lowest BCUT2D eigenvalue weighted by Crippen LogP contribution is -2.27. The van der Waals surface area contributed by atoms with E-state index in [0.29, 0.717) is 10.6 Å². The maximum atomic E-state index is 12.2. The Morgan fingerprint density at radius 2 is 1.90 bits per heavy atom. The molecule has 20 heavy (non-hydrogen) atoms. The van der Waals surface area contributed by atoms with Crippen LogP contribution in [0, 0.1) is 0 Å². The van der Waals surface area contributed by atoms with Gasteiger partial charge in [0.25, 0.3) is 0 Å². The second kappa shape index (κ2) is 5.40. The summed E-state index contributed by atoms with van der Waals surface area (Å²) >= 11 is 5.84. The minimum absolute atomic E-state index is 0.278. The highest BCUT2D eigenvalue weighted by Gasteiger charge is 2.18. The first-order valence-corrected chi connectivity index (χ1v) is 7.51. The average molecular weight is 313 g/mol. The Morgan fingerprint density at radius 3 is 2.50 bits per heavy atom. The van der Waals surface area contributed by atoms with Gasteiger partial charge >= 0.3 is 10.2 Å². The van der Waals surface area contributed by atoms with Gasteiger partial charge in [0.15, 0.2) is 5.78 Å². The minimum Gasteiger partial charge on any atom is -0.289 e. The topological polar surface area (TPSA) is 59.4 Å². The summed E-state index contributed by atoms with van der Waals surface area (Å²) in [5, 5.41) is 0.455. The van der Waals surface area contributed by atoms with Gasteiger partial charge in [0.2, 0.25) is 0 Å². The van der Waals surface area contributed by atoms with Gasteiger partial charge in [0, 0.05) is 42.6 Å². The molecule has 1 aromatic carbocycles. The van der Waals surface area contributed by atoms with Crippen LogP contribution in [0.5, 0.6) is 0 Å². The lowest BCUT2D eigenvalue weighted by Gasteiger charge is -2.11. The van der Waals surface area contributed by atoms with E-state index < -0.39 is 10.2 Å². The predicted molar refractivity (Wildman–Crippen MR) is 77.3 cm³/mol. The molecule has 0 atom stereocenters. The monoisotopic (exact) mass is 312 g/mol. The summed E-state index contributed by atoms with van der Waals surface area (Å²) < 4.78 is 25.9. The third-order valence-electron chi connectivity index (χ3n) is 2.74. The van der Waals surface area contributed by atoms with Crippen LogP contribution in [0.2, 0.25) is 5.02 Å². The molecule has 0 fully saturated rings. The number of hydrogen-bond donors (Lipinski definition) is 0. The van der Waals surface area contributed by atoms with Crippen LogP contribution < -0.4 is 0 Å². The van der Waals surface area contributed by atoms with E-state index in [-0.39, 0.29) is 11.3 Å². The molecule has 2 aromatic rings. The fourth-order valence-corrected chi connectivity index (χ4v) is 2.67. The number of ketones is 1. The zero-order valence-electron chi connectivity index (χ0n) is 10.9. The minimum atomic E-state index is -3.61. The molecule has 2 rings (SSSR count). The van der Waals surface area contributed by atoms with Crippen LogP contribution in [-0.4, -0.2) is 36.6 Å². The van der Waals surface area contributed by atoms with Crippen molar-refractivity contribution < 1.29 is 13.2 Å². The lowest BCUT2D eigenvalue weighted by atomic mass is 10.1. The predicted octanol–water partition coefficient (Wildman–Crippen LogP) is 2.03. The van der Waals surface area contributed by atoms with Gasteiger partial charge in [-0.1, -0.05) is 23.7 Å². The number of carbonyl (C=O) groups is 1. The standard InChI is InChI=1S/C13H13ClN2O3S/c1-15(2)20(18,19)16-7-6-11(9-16)13(17)10-4-3-5-12(14)8-10/h3-9H,1-2H3. The number of aromatic nitrogens is 1. The number of nitrogens with zero attached hydrogens (tertiary/aromatic N) is 2. The first-order valence-electron chi connectivity index (χ1n) is 5.73. The summed E-state index contributed by atoms with van der Waals surface area (Å²) in [5.74, 6) is -0.278. The van der Waals surface area contributed by atoms with Crippen molar-refractivity contribution in [2.45, 2.75) is 0 Å². The summed E-state index contributed by atoms with van der Waals surface area (Å²) in [7, 11) is -0.759. The molecule has 0 spiro atoms. The highest BCUT2D eigenvalue weighted by molar-refractivity contribution is 7.87. The molecule has 0 saturated carbocycles. The molecule has 0 bridgehead atoms. The van der Waals surface area contributed by atoms with Crippen molar-refractivity contribution in [3.8, 4) is 0 Å². The van der Waals surface area contributed by atoms with E-state index >= 15 is 0 Å². The van der Waals surface area contributed by atoms with Gasteiger partial charge < -0.3 is 0 Å². The first-order chi connectivity index (χ1) is 9.32. The third kappa shape index (κ3) is 2.77. The van der Waals surface area contributed by atoms with Crippen LogP contribution in [0.3, 0.4) is 0 Å². The smallest absolute Gasteiger partial charge is 0.289 e. The summed E-state index contributed by atoms with van der Waals surface area (Å²) in [6.45, 7) is 0. The average Bonchev–Trinajstić information content (AvgIpc) is 2.87. The van der Waals surface area contributed by atoms with E-state index in [2.05, 4.69) is 0 Å². The normalized spacial score (nSPS) is 11.8. The quantitative estimate of drug-likeness (QED) is 0.812. The van der Waals surface area contributed by atoms with Crippen molar-refractivity contribution in [3.63, 3.8) is 0 Å². The van der Waals surface area contributed by atoms with Gasteiger partial charge in [-0.15, -0.1) is 0 Å². The largest absolute Gasteiger partial charge is 0.306 e. The van der Waals surface area contributed by atoms with Crippen LogP contribution in [0.15, 0.2) is 42.7 Å². The number of benzene rings is 1. The molecule has 106 valence electrons. The Kier molecular flexibility index (Phi) is 3.99. The van der Waals surface area contributed by atoms with Crippen LogP contribution in [-0.2, 0) is 10.2 Å². The highest BCUT2D eigenvalue weighted by Crippen LogP contribution is 2.16. The number of hydrogen-bond acceptors (Lipinski definition) is 3. The van der Waals surface area contributed by atoms with E-state index in [1.165, 1.54) is 32.6 Å². The zero-order valence-corrected chi connectivity index (χ0v) is 12.5. The van der Waals surface area contributed by atoms with Crippen molar-refractivity contribution >= 4 is 27.6 Å². The Morgan fingerprint density at radius 1 is 1.20 bits per heavy atom. The second-order valence-electron chi connectivity index (χ2n) is 4.36. The van der Waals surface area contributed by atoms with Crippen molar-refractivity contribution in [1.82, 2.24) is 8.28 Å². The Balaban J connectivity index is 2.37. The fraction of sp³-hybridized carbons (Fsp3) is 0.154.